The molecule has 5 heteroatoms. The number of carboxylic acid groups (broad SMARTS) is 1. The molecule has 1 aromatic heterocycles. The van der Waals surface area contributed by atoms with Crippen LogP contribution in [-0.2, 0) is 0 Å². The average Bonchev–Trinajstić information content (AvgIpc) is 2.32. The van der Waals surface area contributed by atoms with Crippen molar-refractivity contribution in [2.75, 3.05) is 0 Å². The van der Waals surface area contributed by atoms with Crippen LogP contribution in [0.25, 0.3) is 0 Å². The van der Waals surface area contributed by atoms with Gasteiger partial charge < -0.3 is 5.11 Å². The van der Waals surface area contributed by atoms with Crippen molar-refractivity contribution in [3.8, 4) is 0 Å². The van der Waals surface area contributed by atoms with Crippen molar-refractivity contribution in [2.24, 2.45) is 0 Å². The molecule has 0 aliphatic rings. The lowest BCUT2D eigenvalue weighted by Crippen LogP contribution is -1.98. The summed E-state index contributed by atoms with van der Waals surface area (Å²) in [5, 5.41) is 9.69. The van der Waals surface area contributed by atoms with Gasteiger partial charge in [-0.05, 0) is 18.2 Å². The van der Waals surface area contributed by atoms with E-state index >= 15 is 0 Å². The molecule has 0 spiro atoms. The highest BCUT2D eigenvalue weighted by atomic mass is 35.5. The molecule has 0 atom stereocenters. The van der Waals surface area contributed by atoms with Gasteiger partial charge in [0.2, 0.25) is 0 Å². The van der Waals surface area contributed by atoms with Crippen molar-refractivity contribution in [2.45, 2.75) is 9.92 Å². The number of halogens is 1. The molecule has 3 nitrogen and oxygen atoms in total. The third kappa shape index (κ3) is 2.99. The quantitative estimate of drug-likeness (QED) is 0.921. The van der Waals surface area contributed by atoms with Crippen LogP contribution in [0.2, 0.25) is 5.02 Å². The first-order chi connectivity index (χ1) is 8.16. The normalized spacial score (nSPS) is 10.2. The number of benzene rings is 1. The van der Waals surface area contributed by atoms with Crippen molar-refractivity contribution in [3.63, 3.8) is 0 Å². The molecule has 0 unspecified atom stereocenters. The van der Waals surface area contributed by atoms with Gasteiger partial charge in [0.25, 0.3) is 0 Å². The summed E-state index contributed by atoms with van der Waals surface area (Å²) >= 11 is 7.14. The number of carbonyl (C=O) groups is 1. The molecule has 1 heterocycles. The third-order valence-corrected chi connectivity index (χ3v) is 3.27. The average molecular weight is 266 g/mol. The molecule has 2 rings (SSSR count). The van der Waals surface area contributed by atoms with Crippen LogP contribution in [0, 0.1) is 0 Å². The van der Waals surface area contributed by atoms with E-state index in [2.05, 4.69) is 4.98 Å². The van der Waals surface area contributed by atoms with Gasteiger partial charge in [-0.2, -0.15) is 0 Å². The van der Waals surface area contributed by atoms with E-state index in [1.807, 2.05) is 30.3 Å². The molecule has 0 saturated carbocycles. The summed E-state index contributed by atoms with van der Waals surface area (Å²) in [6, 6.07) is 11.1. The Morgan fingerprint density at radius 2 is 2.00 bits per heavy atom. The Hall–Kier alpha value is -1.52. The number of hydrogen-bond acceptors (Lipinski definition) is 3. The second kappa shape index (κ2) is 5.21. The van der Waals surface area contributed by atoms with Gasteiger partial charge >= 0.3 is 5.97 Å². The summed E-state index contributed by atoms with van der Waals surface area (Å²) in [4.78, 5) is 16.0. The van der Waals surface area contributed by atoms with Gasteiger partial charge in [0.05, 0.1) is 10.6 Å². The Balaban J connectivity index is 2.29. The highest BCUT2D eigenvalue weighted by Gasteiger charge is 2.10. The Labute approximate surface area is 107 Å². The molecular weight excluding hydrogens is 258 g/mol. The van der Waals surface area contributed by atoms with E-state index in [9.17, 15) is 4.79 Å². The largest absolute Gasteiger partial charge is 0.478 e. The molecule has 1 aromatic carbocycles. The molecule has 17 heavy (non-hydrogen) atoms. The molecule has 2 aromatic rings. The van der Waals surface area contributed by atoms with Crippen LogP contribution < -0.4 is 0 Å². The monoisotopic (exact) mass is 265 g/mol. The fourth-order valence-corrected chi connectivity index (χ4v) is 2.25. The van der Waals surface area contributed by atoms with Gasteiger partial charge in [-0.25, -0.2) is 9.78 Å². The maximum Gasteiger partial charge on any atom is 0.337 e. The second-order valence-electron chi connectivity index (χ2n) is 3.22. The van der Waals surface area contributed by atoms with Gasteiger partial charge in [-0.1, -0.05) is 41.6 Å². The molecule has 0 saturated heterocycles. The van der Waals surface area contributed by atoms with E-state index in [0.29, 0.717) is 5.03 Å². The highest BCUT2D eigenvalue weighted by molar-refractivity contribution is 7.99. The minimum atomic E-state index is -1.05. The lowest BCUT2D eigenvalue weighted by atomic mass is 10.3. The van der Waals surface area contributed by atoms with Crippen LogP contribution in [0.15, 0.2) is 52.5 Å². The van der Waals surface area contributed by atoms with Crippen LogP contribution in [-0.4, -0.2) is 16.1 Å². The molecule has 86 valence electrons. The number of carboxylic acids is 1. The Morgan fingerprint density at radius 3 is 2.65 bits per heavy atom. The van der Waals surface area contributed by atoms with Crippen molar-refractivity contribution in [1.82, 2.24) is 4.98 Å². The van der Waals surface area contributed by atoms with E-state index in [-0.39, 0.29) is 10.6 Å². The first-order valence-electron chi connectivity index (χ1n) is 4.78. The third-order valence-electron chi connectivity index (χ3n) is 2.03. The van der Waals surface area contributed by atoms with Crippen LogP contribution in [0.3, 0.4) is 0 Å². The molecule has 0 aliphatic carbocycles. The smallest absolute Gasteiger partial charge is 0.337 e. The number of aromatic nitrogens is 1. The number of nitrogens with zero attached hydrogens (tertiary/aromatic N) is 1. The van der Waals surface area contributed by atoms with Crippen molar-refractivity contribution >= 4 is 29.3 Å². The van der Waals surface area contributed by atoms with Crippen molar-refractivity contribution in [1.29, 1.82) is 0 Å². The molecule has 0 amide bonds. The number of rotatable bonds is 3. The number of pyridine rings is 1. The van der Waals surface area contributed by atoms with Gasteiger partial charge in [0, 0.05) is 11.1 Å². The number of hydrogen-bond donors (Lipinski definition) is 1. The van der Waals surface area contributed by atoms with E-state index in [1.165, 1.54) is 24.0 Å². The molecule has 0 aliphatic heterocycles. The topological polar surface area (TPSA) is 50.2 Å². The van der Waals surface area contributed by atoms with Crippen molar-refractivity contribution < 1.29 is 9.90 Å². The highest BCUT2D eigenvalue weighted by Crippen LogP contribution is 2.28. The minimum absolute atomic E-state index is 0.0695. The van der Waals surface area contributed by atoms with Crippen molar-refractivity contribution in [3.05, 3.63) is 53.2 Å². The lowest BCUT2D eigenvalue weighted by Gasteiger charge is -2.03. The van der Waals surface area contributed by atoms with Crippen LogP contribution in [0.1, 0.15) is 10.4 Å². The summed E-state index contributed by atoms with van der Waals surface area (Å²) in [5.41, 5.74) is 0.0695. The van der Waals surface area contributed by atoms with E-state index in [4.69, 9.17) is 16.7 Å². The SMILES string of the molecule is O=C(O)c1cc(Sc2ccccc2)ncc1Cl. The Bertz CT molecular complexity index is 545. The Kier molecular flexibility index (Phi) is 3.66. The van der Waals surface area contributed by atoms with E-state index in [0.717, 1.165) is 4.90 Å². The molecule has 0 radical (unpaired) electrons. The van der Waals surface area contributed by atoms with Gasteiger partial charge in [-0.3, -0.25) is 0 Å². The summed E-state index contributed by atoms with van der Waals surface area (Å²) in [6.07, 6.45) is 1.36. The second-order valence-corrected chi connectivity index (χ2v) is 4.72. The predicted octanol–water partition coefficient (Wildman–Crippen LogP) is 3.58. The zero-order valence-corrected chi connectivity index (χ0v) is 10.2. The number of aromatic carboxylic acids is 1. The van der Waals surface area contributed by atoms with Crippen LogP contribution >= 0.6 is 23.4 Å². The summed E-state index contributed by atoms with van der Waals surface area (Å²) in [6.45, 7) is 0. The van der Waals surface area contributed by atoms with Gasteiger partial charge in [0.1, 0.15) is 5.03 Å². The van der Waals surface area contributed by atoms with Crippen LogP contribution in [0.4, 0.5) is 0 Å². The first-order valence-corrected chi connectivity index (χ1v) is 5.98. The van der Waals surface area contributed by atoms with Crippen LogP contribution in [0.5, 0.6) is 0 Å². The zero-order valence-electron chi connectivity index (χ0n) is 8.63. The van der Waals surface area contributed by atoms with Gasteiger partial charge in [-0.15, -0.1) is 0 Å². The fraction of sp³-hybridized carbons (Fsp3) is 0. The molecule has 1 N–H and O–H groups in total. The standard InChI is InChI=1S/C12H8ClNO2S/c13-10-7-14-11(6-9(10)12(15)16)17-8-4-2-1-3-5-8/h1-7H,(H,15,16). The molecular formula is C12H8ClNO2S. The maximum absolute atomic E-state index is 10.9. The summed E-state index contributed by atoms with van der Waals surface area (Å²) in [7, 11) is 0. The first kappa shape index (κ1) is 12.0. The van der Waals surface area contributed by atoms with E-state index < -0.39 is 5.97 Å². The lowest BCUT2D eigenvalue weighted by molar-refractivity contribution is 0.0696. The van der Waals surface area contributed by atoms with Gasteiger partial charge in [0.15, 0.2) is 0 Å². The van der Waals surface area contributed by atoms with E-state index in [1.54, 1.807) is 0 Å². The molecule has 0 fully saturated rings. The molecule has 0 bridgehead atoms. The fourth-order valence-electron chi connectivity index (χ4n) is 1.25. The maximum atomic E-state index is 10.9. The minimum Gasteiger partial charge on any atom is -0.478 e. The summed E-state index contributed by atoms with van der Waals surface area (Å²) < 4.78 is 0. The summed E-state index contributed by atoms with van der Waals surface area (Å²) in [5.74, 6) is -1.05. The zero-order chi connectivity index (χ0) is 12.3. The predicted molar refractivity (Wildman–Crippen MR) is 66.8 cm³/mol. The Morgan fingerprint density at radius 1 is 1.29 bits per heavy atom.